The molecule has 3 heteroatoms. The molecule has 0 fully saturated rings. The van der Waals surface area contributed by atoms with E-state index in [9.17, 15) is 4.79 Å². The molecule has 0 bridgehead atoms. The monoisotopic (exact) mass is 346 g/mol. The molecule has 2 aromatic rings. The summed E-state index contributed by atoms with van der Waals surface area (Å²) in [7, 11) is 0. The van der Waals surface area contributed by atoms with Gasteiger partial charge in [0.15, 0.2) is 0 Å². The van der Waals surface area contributed by atoms with Crippen molar-refractivity contribution in [2.75, 3.05) is 0 Å². The number of benzene rings is 2. The van der Waals surface area contributed by atoms with E-state index in [1.165, 1.54) is 5.56 Å². The summed E-state index contributed by atoms with van der Waals surface area (Å²) in [6.07, 6.45) is 0. The van der Waals surface area contributed by atoms with Gasteiger partial charge in [-0.15, -0.1) is 0 Å². The second-order valence-corrected chi connectivity index (χ2v) is 7.01. The van der Waals surface area contributed by atoms with Crippen molar-refractivity contribution in [1.29, 1.82) is 0 Å². The van der Waals surface area contributed by atoms with Gasteiger partial charge in [0.1, 0.15) is 5.75 Å². The van der Waals surface area contributed by atoms with E-state index in [4.69, 9.17) is 4.74 Å². The molecule has 0 saturated heterocycles. The molecule has 0 spiro atoms. The van der Waals surface area contributed by atoms with Gasteiger partial charge in [-0.05, 0) is 63.7 Å². The van der Waals surface area contributed by atoms with Crippen LogP contribution < -0.4 is 4.74 Å². The Bertz CT molecular complexity index is 652. The van der Waals surface area contributed by atoms with E-state index in [0.717, 1.165) is 10.0 Å². The third kappa shape index (κ3) is 3.94. The molecule has 21 heavy (non-hydrogen) atoms. The van der Waals surface area contributed by atoms with Crippen LogP contribution in [0.2, 0.25) is 0 Å². The number of rotatable bonds is 2. The standard InChI is InChI=1S/C18H19BrO2/c1-12-5-10-16(15(19)11-12)21-17(20)13-6-8-14(9-7-13)18(2,3)4/h5-11H,1-4H3. The summed E-state index contributed by atoms with van der Waals surface area (Å²) in [5, 5.41) is 0. The van der Waals surface area contributed by atoms with Crippen molar-refractivity contribution in [1.82, 2.24) is 0 Å². The first-order valence-corrected chi connectivity index (χ1v) is 7.65. The maximum atomic E-state index is 12.2. The number of hydrogen-bond acceptors (Lipinski definition) is 2. The van der Waals surface area contributed by atoms with Crippen LogP contribution in [0.4, 0.5) is 0 Å². The summed E-state index contributed by atoms with van der Waals surface area (Å²) >= 11 is 3.41. The van der Waals surface area contributed by atoms with E-state index in [-0.39, 0.29) is 11.4 Å². The van der Waals surface area contributed by atoms with Gasteiger partial charge in [-0.2, -0.15) is 0 Å². The third-order valence-corrected chi connectivity index (χ3v) is 3.90. The quantitative estimate of drug-likeness (QED) is 0.546. The summed E-state index contributed by atoms with van der Waals surface area (Å²) in [6.45, 7) is 8.42. The molecule has 0 N–H and O–H groups in total. The SMILES string of the molecule is Cc1ccc(OC(=O)c2ccc(C(C)(C)C)cc2)c(Br)c1. The zero-order valence-electron chi connectivity index (χ0n) is 12.7. The zero-order valence-corrected chi connectivity index (χ0v) is 14.3. The lowest BCUT2D eigenvalue weighted by atomic mass is 9.87. The number of hydrogen-bond donors (Lipinski definition) is 0. The predicted octanol–water partition coefficient (Wildman–Crippen LogP) is 5.27. The van der Waals surface area contributed by atoms with Crippen LogP contribution in [0.15, 0.2) is 46.9 Å². The van der Waals surface area contributed by atoms with Gasteiger partial charge in [0.25, 0.3) is 0 Å². The molecule has 0 aliphatic carbocycles. The van der Waals surface area contributed by atoms with Gasteiger partial charge in [0.05, 0.1) is 10.0 Å². The number of carbonyl (C=O) groups excluding carboxylic acids is 1. The summed E-state index contributed by atoms with van der Waals surface area (Å²) in [4.78, 5) is 12.2. The van der Waals surface area contributed by atoms with Crippen molar-refractivity contribution in [3.63, 3.8) is 0 Å². The van der Waals surface area contributed by atoms with Crippen LogP contribution >= 0.6 is 15.9 Å². The molecule has 0 amide bonds. The van der Waals surface area contributed by atoms with Crippen molar-refractivity contribution in [3.05, 3.63) is 63.6 Å². The van der Waals surface area contributed by atoms with Gasteiger partial charge < -0.3 is 4.74 Å². The fourth-order valence-electron chi connectivity index (χ4n) is 1.95. The smallest absolute Gasteiger partial charge is 0.343 e. The highest BCUT2D eigenvalue weighted by molar-refractivity contribution is 9.10. The fraction of sp³-hybridized carbons (Fsp3) is 0.278. The summed E-state index contributed by atoms with van der Waals surface area (Å²) < 4.78 is 6.21. The van der Waals surface area contributed by atoms with Gasteiger partial charge in [0, 0.05) is 0 Å². The van der Waals surface area contributed by atoms with Gasteiger partial charge in [-0.1, -0.05) is 39.0 Å². The molecule has 110 valence electrons. The van der Waals surface area contributed by atoms with Crippen molar-refractivity contribution in [2.24, 2.45) is 0 Å². The molecule has 0 unspecified atom stereocenters. The Labute approximate surface area is 134 Å². The lowest BCUT2D eigenvalue weighted by Gasteiger charge is -2.18. The molecule has 2 rings (SSSR count). The summed E-state index contributed by atoms with van der Waals surface area (Å²) in [6, 6.07) is 13.2. The van der Waals surface area contributed by atoms with Crippen molar-refractivity contribution < 1.29 is 9.53 Å². The molecule has 2 aromatic carbocycles. The minimum Gasteiger partial charge on any atom is -0.422 e. The van der Waals surface area contributed by atoms with E-state index >= 15 is 0 Å². The van der Waals surface area contributed by atoms with E-state index in [0.29, 0.717) is 11.3 Å². The number of aryl methyl sites for hydroxylation is 1. The number of esters is 1. The van der Waals surface area contributed by atoms with Crippen molar-refractivity contribution in [3.8, 4) is 5.75 Å². The van der Waals surface area contributed by atoms with E-state index in [1.807, 2.05) is 43.3 Å². The maximum absolute atomic E-state index is 12.2. The van der Waals surface area contributed by atoms with Crippen LogP contribution in [0.1, 0.15) is 42.3 Å². The van der Waals surface area contributed by atoms with E-state index in [2.05, 4.69) is 36.7 Å². The van der Waals surface area contributed by atoms with Gasteiger partial charge in [-0.3, -0.25) is 0 Å². The molecule has 0 radical (unpaired) electrons. The Morgan fingerprint density at radius 1 is 1.05 bits per heavy atom. The van der Waals surface area contributed by atoms with Gasteiger partial charge in [0.2, 0.25) is 0 Å². The first-order valence-electron chi connectivity index (χ1n) is 6.86. The summed E-state index contributed by atoms with van der Waals surface area (Å²) in [5.74, 6) is 0.186. The Kier molecular flexibility index (Phi) is 4.52. The van der Waals surface area contributed by atoms with E-state index < -0.39 is 0 Å². The normalized spacial score (nSPS) is 11.3. The number of halogens is 1. The Morgan fingerprint density at radius 2 is 1.67 bits per heavy atom. The summed E-state index contributed by atoms with van der Waals surface area (Å²) in [5.41, 5.74) is 2.92. The Morgan fingerprint density at radius 3 is 2.19 bits per heavy atom. The highest BCUT2D eigenvalue weighted by Gasteiger charge is 2.15. The molecule has 0 aromatic heterocycles. The number of carbonyl (C=O) groups is 1. The first-order chi connectivity index (χ1) is 9.77. The molecule has 0 aliphatic heterocycles. The van der Waals surface area contributed by atoms with Gasteiger partial charge in [-0.25, -0.2) is 4.79 Å². The fourth-order valence-corrected chi connectivity index (χ4v) is 2.53. The topological polar surface area (TPSA) is 26.3 Å². The van der Waals surface area contributed by atoms with Crippen LogP contribution in [0.5, 0.6) is 5.75 Å². The van der Waals surface area contributed by atoms with Crippen LogP contribution in [-0.4, -0.2) is 5.97 Å². The highest BCUT2D eigenvalue weighted by atomic mass is 79.9. The van der Waals surface area contributed by atoms with Crippen molar-refractivity contribution in [2.45, 2.75) is 33.1 Å². The average molecular weight is 347 g/mol. The molecule has 0 heterocycles. The predicted molar refractivity (Wildman–Crippen MR) is 89.0 cm³/mol. The lowest BCUT2D eigenvalue weighted by molar-refractivity contribution is 0.0733. The minimum absolute atomic E-state index is 0.0718. The van der Waals surface area contributed by atoms with E-state index in [1.54, 1.807) is 6.07 Å². The first kappa shape index (κ1) is 15.8. The molecule has 0 aliphatic rings. The minimum atomic E-state index is -0.347. The van der Waals surface area contributed by atoms with Crippen LogP contribution in [0, 0.1) is 6.92 Å². The second kappa shape index (κ2) is 6.02. The lowest BCUT2D eigenvalue weighted by Crippen LogP contribution is -2.13. The maximum Gasteiger partial charge on any atom is 0.343 e. The van der Waals surface area contributed by atoms with Gasteiger partial charge >= 0.3 is 5.97 Å². The Hall–Kier alpha value is -1.61. The largest absolute Gasteiger partial charge is 0.422 e. The zero-order chi connectivity index (χ0) is 15.6. The molecule has 0 saturated carbocycles. The molecule has 0 atom stereocenters. The van der Waals surface area contributed by atoms with Crippen LogP contribution in [0.3, 0.4) is 0 Å². The van der Waals surface area contributed by atoms with Crippen LogP contribution in [0.25, 0.3) is 0 Å². The molecular weight excluding hydrogens is 328 g/mol. The van der Waals surface area contributed by atoms with Crippen LogP contribution in [-0.2, 0) is 5.41 Å². The second-order valence-electron chi connectivity index (χ2n) is 6.15. The number of ether oxygens (including phenoxy) is 1. The van der Waals surface area contributed by atoms with Crippen molar-refractivity contribution >= 4 is 21.9 Å². The average Bonchev–Trinajstić information content (AvgIpc) is 2.41. The molecule has 2 nitrogen and oxygen atoms in total. The third-order valence-electron chi connectivity index (χ3n) is 3.28. The Balaban J connectivity index is 2.17. The molecular formula is C18H19BrO2. The highest BCUT2D eigenvalue weighted by Crippen LogP contribution is 2.27.